The first-order valence-electron chi connectivity index (χ1n) is 10.1. The molecule has 0 bridgehead atoms. The maximum absolute atomic E-state index is 14.8. The fourth-order valence-electron chi connectivity index (χ4n) is 4.27. The molecule has 1 N–H and O–H groups in total. The van der Waals surface area contributed by atoms with Crippen LogP contribution in [-0.4, -0.2) is 39.9 Å². The van der Waals surface area contributed by atoms with Gasteiger partial charge in [0.05, 0.1) is 33.0 Å². The number of rotatable bonds is 3. The Morgan fingerprint density at radius 2 is 1.88 bits per heavy atom. The summed E-state index contributed by atoms with van der Waals surface area (Å²) < 4.78 is 56.3. The SMILES string of the molecule is C[C@H]1CN(c2nn(C(=O)c3c(Cl)cccc3C(F)(F)F)c3cccc(F)c23)CCC1C(=O)O. The van der Waals surface area contributed by atoms with Crippen LogP contribution in [0.15, 0.2) is 36.4 Å². The van der Waals surface area contributed by atoms with Crippen molar-refractivity contribution in [2.24, 2.45) is 11.8 Å². The van der Waals surface area contributed by atoms with Crippen LogP contribution in [0.5, 0.6) is 0 Å². The second-order valence-electron chi connectivity index (χ2n) is 7.99. The van der Waals surface area contributed by atoms with Crippen LogP contribution in [0.25, 0.3) is 10.9 Å². The summed E-state index contributed by atoms with van der Waals surface area (Å²) in [6, 6.07) is 6.85. The number of carbonyl (C=O) groups excluding carboxylic acids is 1. The lowest BCUT2D eigenvalue weighted by Gasteiger charge is -2.35. The molecule has 1 aliphatic heterocycles. The highest BCUT2D eigenvalue weighted by Gasteiger charge is 2.38. The quantitative estimate of drug-likeness (QED) is 0.526. The Labute approximate surface area is 190 Å². The number of benzene rings is 2. The average Bonchev–Trinajstić information content (AvgIpc) is 3.13. The Morgan fingerprint density at radius 3 is 2.52 bits per heavy atom. The van der Waals surface area contributed by atoms with Crippen molar-refractivity contribution in [3.63, 3.8) is 0 Å². The molecule has 0 saturated carbocycles. The number of carboxylic acids is 1. The summed E-state index contributed by atoms with van der Waals surface area (Å²) in [5.41, 5.74) is -2.03. The zero-order chi connectivity index (χ0) is 24.1. The van der Waals surface area contributed by atoms with Gasteiger partial charge in [0.2, 0.25) is 0 Å². The topological polar surface area (TPSA) is 75.4 Å². The zero-order valence-electron chi connectivity index (χ0n) is 17.2. The molecule has 2 atom stereocenters. The number of carboxylic acid groups (broad SMARTS) is 1. The first-order valence-corrected chi connectivity index (χ1v) is 10.4. The number of fused-ring (bicyclic) bond motifs is 1. The van der Waals surface area contributed by atoms with Gasteiger partial charge in [0.25, 0.3) is 5.91 Å². The van der Waals surface area contributed by atoms with Gasteiger partial charge in [-0.25, -0.2) is 4.39 Å². The van der Waals surface area contributed by atoms with Gasteiger partial charge in [-0.05, 0) is 36.6 Å². The molecule has 2 heterocycles. The van der Waals surface area contributed by atoms with Gasteiger partial charge in [0, 0.05) is 13.1 Å². The van der Waals surface area contributed by atoms with Gasteiger partial charge in [-0.3, -0.25) is 9.59 Å². The number of alkyl halides is 3. The molecule has 4 rings (SSSR count). The summed E-state index contributed by atoms with van der Waals surface area (Å²) in [5, 5.41) is 13.1. The number of hydrogen-bond acceptors (Lipinski definition) is 4. The highest BCUT2D eigenvalue weighted by atomic mass is 35.5. The summed E-state index contributed by atoms with van der Waals surface area (Å²) in [6.45, 7) is 2.20. The first kappa shape index (κ1) is 23.0. The summed E-state index contributed by atoms with van der Waals surface area (Å²) >= 11 is 5.98. The largest absolute Gasteiger partial charge is 0.481 e. The molecule has 33 heavy (non-hydrogen) atoms. The number of carbonyl (C=O) groups is 2. The van der Waals surface area contributed by atoms with Gasteiger partial charge in [0.1, 0.15) is 5.82 Å². The van der Waals surface area contributed by atoms with E-state index in [0.29, 0.717) is 0 Å². The third-order valence-corrected chi connectivity index (χ3v) is 6.20. The number of hydrogen-bond donors (Lipinski definition) is 1. The van der Waals surface area contributed by atoms with E-state index in [2.05, 4.69) is 5.10 Å². The third-order valence-electron chi connectivity index (χ3n) is 5.89. The zero-order valence-corrected chi connectivity index (χ0v) is 18.0. The van der Waals surface area contributed by atoms with Crippen molar-refractivity contribution in [2.75, 3.05) is 18.0 Å². The minimum Gasteiger partial charge on any atom is -0.481 e. The first-order chi connectivity index (χ1) is 15.5. The van der Waals surface area contributed by atoms with Crippen LogP contribution in [0, 0.1) is 17.7 Å². The summed E-state index contributed by atoms with van der Waals surface area (Å²) in [7, 11) is 0. The monoisotopic (exact) mass is 483 g/mol. The van der Waals surface area contributed by atoms with Crippen LogP contribution in [0.2, 0.25) is 5.02 Å². The van der Waals surface area contributed by atoms with Crippen molar-refractivity contribution in [3.05, 3.63) is 58.4 Å². The number of aliphatic carboxylic acids is 1. The third kappa shape index (κ3) is 4.03. The van der Waals surface area contributed by atoms with Crippen molar-refractivity contribution in [3.8, 4) is 0 Å². The second kappa shape index (κ2) is 8.33. The van der Waals surface area contributed by atoms with Crippen LogP contribution in [0.1, 0.15) is 29.3 Å². The van der Waals surface area contributed by atoms with E-state index in [4.69, 9.17) is 11.6 Å². The lowest BCUT2D eigenvalue weighted by Crippen LogP contribution is -2.42. The van der Waals surface area contributed by atoms with Gasteiger partial charge < -0.3 is 10.0 Å². The van der Waals surface area contributed by atoms with E-state index < -0.39 is 45.9 Å². The summed E-state index contributed by atoms with van der Waals surface area (Å²) in [6.07, 6.45) is -4.57. The number of anilines is 1. The Morgan fingerprint density at radius 1 is 1.18 bits per heavy atom. The van der Waals surface area contributed by atoms with Crippen molar-refractivity contribution >= 4 is 40.2 Å². The molecule has 0 aliphatic carbocycles. The number of piperidine rings is 1. The Bertz CT molecular complexity index is 1260. The molecule has 1 saturated heterocycles. The normalized spacial score (nSPS) is 19.2. The van der Waals surface area contributed by atoms with E-state index >= 15 is 0 Å². The lowest BCUT2D eigenvalue weighted by atomic mass is 9.87. The maximum Gasteiger partial charge on any atom is 0.417 e. The standard InChI is InChI=1S/C22H18ClF4N3O3/c1-11-10-29(9-8-12(11)21(32)33)19-18-15(24)6-3-7-16(18)30(28-19)20(31)17-13(22(25,26)27)4-2-5-14(17)23/h2-7,11-12H,8-10H2,1H3,(H,32,33)/t11-,12?/m0/s1. The molecule has 0 radical (unpaired) electrons. The molecule has 1 aliphatic rings. The van der Waals surface area contributed by atoms with Crippen LogP contribution in [0.4, 0.5) is 23.4 Å². The average molecular weight is 484 g/mol. The molecular weight excluding hydrogens is 466 g/mol. The molecule has 1 aromatic heterocycles. The molecular formula is C22H18ClF4N3O3. The minimum absolute atomic E-state index is 0.0175. The Balaban J connectivity index is 1.85. The lowest BCUT2D eigenvalue weighted by molar-refractivity contribution is -0.144. The van der Waals surface area contributed by atoms with Crippen LogP contribution >= 0.6 is 11.6 Å². The fourth-order valence-corrected chi connectivity index (χ4v) is 4.53. The number of aromatic nitrogens is 2. The van der Waals surface area contributed by atoms with E-state index in [1.807, 2.05) is 0 Å². The molecule has 11 heteroatoms. The van der Waals surface area contributed by atoms with Crippen molar-refractivity contribution in [2.45, 2.75) is 19.5 Å². The van der Waals surface area contributed by atoms with Gasteiger partial charge in [-0.15, -0.1) is 5.10 Å². The maximum atomic E-state index is 14.8. The number of nitrogens with zero attached hydrogens (tertiary/aromatic N) is 3. The van der Waals surface area contributed by atoms with E-state index in [1.54, 1.807) is 11.8 Å². The van der Waals surface area contributed by atoms with Gasteiger partial charge in [-0.1, -0.05) is 30.7 Å². The number of halogens is 5. The van der Waals surface area contributed by atoms with Crippen LogP contribution in [-0.2, 0) is 11.0 Å². The molecule has 0 amide bonds. The fraction of sp³-hybridized carbons (Fsp3) is 0.318. The molecule has 0 spiro atoms. The Kier molecular flexibility index (Phi) is 5.81. The predicted molar refractivity (Wildman–Crippen MR) is 113 cm³/mol. The molecule has 1 unspecified atom stereocenters. The van der Waals surface area contributed by atoms with Gasteiger partial charge in [-0.2, -0.15) is 17.9 Å². The van der Waals surface area contributed by atoms with Crippen LogP contribution in [0.3, 0.4) is 0 Å². The molecule has 1 fully saturated rings. The molecule has 3 aromatic rings. The van der Waals surface area contributed by atoms with Gasteiger partial charge >= 0.3 is 12.1 Å². The summed E-state index contributed by atoms with van der Waals surface area (Å²) in [4.78, 5) is 26.3. The minimum atomic E-state index is -4.85. The van der Waals surface area contributed by atoms with E-state index in [-0.39, 0.29) is 42.1 Å². The van der Waals surface area contributed by atoms with Crippen molar-refractivity contribution < 1.29 is 32.3 Å². The van der Waals surface area contributed by atoms with Gasteiger partial charge in [0.15, 0.2) is 5.82 Å². The smallest absolute Gasteiger partial charge is 0.417 e. The highest BCUT2D eigenvalue weighted by molar-refractivity contribution is 6.34. The van der Waals surface area contributed by atoms with Crippen molar-refractivity contribution in [1.82, 2.24) is 9.78 Å². The van der Waals surface area contributed by atoms with E-state index in [0.717, 1.165) is 28.9 Å². The Hall–Kier alpha value is -3.14. The molecule has 6 nitrogen and oxygen atoms in total. The second-order valence-corrected chi connectivity index (χ2v) is 8.40. The van der Waals surface area contributed by atoms with Crippen LogP contribution < -0.4 is 4.90 Å². The van der Waals surface area contributed by atoms with E-state index in [1.165, 1.54) is 12.1 Å². The van der Waals surface area contributed by atoms with Crippen molar-refractivity contribution in [1.29, 1.82) is 0 Å². The molecule has 174 valence electrons. The summed E-state index contributed by atoms with van der Waals surface area (Å²) in [5.74, 6) is -3.60. The predicted octanol–water partition coefficient (Wildman–Crippen LogP) is 5.08. The highest BCUT2D eigenvalue weighted by Crippen LogP contribution is 2.37. The van der Waals surface area contributed by atoms with E-state index in [9.17, 15) is 32.3 Å². The molecule has 2 aromatic carbocycles.